The Kier molecular flexibility index (Phi) is 4.94. The van der Waals surface area contributed by atoms with Gasteiger partial charge in [0.05, 0.1) is 6.54 Å². The summed E-state index contributed by atoms with van der Waals surface area (Å²) < 4.78 is 0. The van der Waals surface area contributed by atoms with Crippen molar-refractivity contribution in [2.75, 3.05) is 13.1 Å². The number of rotatable bonds is 5. The molecule has 17 heavy (non-hydrogen) atoms. The van der Waals surface area contributed by atoms with Gasteiger partial charge >= 0.3 is 0 Å². The smallest absolute Gasteiger partial charge is 0.251 e. The Morgan fingerprint density at radius 3 is 2.76 bits per heavy atom. The summed E-state index contributed by atoms with van der Waals surface area (Å²) in [6.07, 6.45) is 1.58. The summed E-state index contributed by atoms with van der Waals surface area (Å²) in [5.74, 6) is -0.478. The summed E-state index contributed by atoms with van der Waals surface area (Å²) in [6.45, 7) is 5.77. The van der Waals surface area contributed by atoms with Crippen molar-refractivity contribution in [2.45, 2.75) is 6.92 Å². The minimum absolute atomic E-state index is 0.0272. The molecular formula is C13H16N2O2. The maximum atomic E-state index is 11.7. The van der Waals surface area contributed by atoms with Crippen molar-refractivity contribution in [2.24, 2.45) is 0 Å². The lowest BCUT2D eigenvalue weighted by atomic mass is 10.1. The summed E-state index contributed by atoms with van der Waals surface area (Å²) in [5.41, 5.74) is 1.57. The lowest BCUT2D eigenvalue weighted by Gasteiger charge is -2.05. The highest BCUT2D eigenvalue weighted by Gasteiger charge is 2.06. The summed E-state index contributed by atoms with van der Waals surface area (Å²) in [7, 11) is 0. The van der Waals surface area contributed by atoms with Gasteiger partial charge in [0.1, 0.15) is 0 Å². The zero-order valence-corrected chi connectivity index (χ0v) is 9.82. The average Bonchev–Trinajstić information content (AvgIpc) is 2.33. The van der Waals surface area contributed by atoms with E-state index in [0.29, 0.717) is 12.1 Å². The van der Waals surface area contributed by atoms with E-state index in [-0.39, 0.29) is 18.4 Å². The fraction of sp³-hybridized carbons (Fsp3) is 0.231. The quantitative estimate of drug-likeness (QED) is 0.745. The molecule has 0 bridgehead atoms. The van der Waals surface area contributed by atoms with Gasteiger partial charge in [-0.05, 0) is 19.1 Å². The summed E-state index contributed by atoms with van der Waals surface area (Å²) in [6, 6.07) is 7.20. The second-order valence-electron chi connectivity index (χ2n) is 3.64. The van der Waals surface area contributed by atoms with E-state index in [1.807, 2.05) is 19.1 Å². The largest absolute Gasteiger partial charge is 0.351 e. The molecule has 0 atom stereocenters. The minimum atomic E-state index is -0.248. The molecule has 2 amide bonds. The van der Waals surface area contributed by atoms with Gasteiger partial charge in [-0.15, -0.1) is 6.58 Å². The molecule has 0 heterocycles. The van der Waals surface area contributed by atoms with E-state index in [2.05, 4.69) is 17.2 Å². The molecule has 1 rings (SSSR count). The number of aryl methyl sites for hydroxylation is 1. The van der Waals surface area contributed by atoms with Crippen LogP contribution in [0.5, 0.6) is 0 Å². The third-order valence-electron chi connectivity index (χ3n) is 2.13. The molecule has 0 unspecified atom stereocenters. The zero-order chi connectivity index (χ0) is 12.7. The first-order valence-corrected chi connectivity index (χ1v) is 5.36. The molecule has 0 aliphatic carbocycles. The molecule has 0 saturated heterocycles. The predicted octanol–water partition coefficient (Wildman–Crippen LogP) is 1.03. The Balaban J connectivity index is 2.45. The van der Waals surface area contributed by atoms with Gasteiger partial charge in [-0.2, -0.15) is 0 Å². The van der Waals surface area contributed by atoms with Crippen LogP contribution in [-0.2, 0) is 4.79 Å². The van der Waals surface area contributed by atoms with Crippen LogP contribution in [0.3, 0.4) is 0 Å². The van der Waals surface area contributed by atoms with E-state index >= 15 is 0 Å². The molecular weight excluding hydrogens is 216 g/mol. The number of nitrogens with one attached hydrogen (secondary N) is 2. The number of carbonyl (C=O) groups excluding carboxylic acids is 2. The molecule has 0 radical (unpaired) electrons. The third-order valence-corrected chi connectivity index (χ3v) is 2.13. The van der Waals surface area contributed by atoms with Gasteiger partial charge < -0.3 is 10.6 Å². The monoisotopic (exact) mass is 232 g/mol. The van der Waals surface area contributed by atoms with E-state index < -0.39 is 0 Å². The predicted molar refractivity (Wildman–Crippen MR) is 66.7 cm³/mol. The molecule has 90 valence electrons. The number of hydrogen-bond acceptors (Lipinski definition) is 2. The highest BCUT2D eigenvalue weighted by Crippen LogP contribution is 2.03. The molecule has 0 spiro atoms. The summed E-state index contributed by atoms with van der Waals surface area (Å²) in [4.78, 5) is 22.9. The molecule has 0 aromatic heterocycles. The summed E-state index contributed by atoms with van der Waals surface area (Å²) >= 11 is 0. The van der Waals surface area contributed by atoms with Crippen molar-refractivity contribution < 1.29 is 9.59 Å². The third kappa shape index (κ3) is 4.51. The van der Waals surface area contributed by atoms with Crippen LogP contribution in [0.4, 0.5) is 0 Å². The van der Waals surface area contributed by atoms with E-state index in [1.54, 1.807) is 18.2 Å². The topological polar surface area (TPSA) is 58.2 Å². The normalized spacial score (nSPS) is 9.47. The van der Waals surface area contributed by atoms with Crippen LogP contribution in [0.1, 0.15) is 15.9 Å². The SMILES string of the molecule is C=CCNC(=O)CNC(=O)c1cccc(C)c1. The number of carbonyl (C=O) groups is 2. The first kappa shape index (κ1) is 13.0. The lowest BCUT2D eigenvalue weighted by molar-refractivity contribution is -0.119. The molecule has 0 fully saturated rings. The standard InChI is InChI=1S/C13H16N2O2/c1-3-7-14-12(16)9-15-13(17)11-6-4-5-10(2)8-11/h3-6,8H,1,7,9H2,2H3,(H,14,16)(H,15,17). The molecule has 1 aromatic carbocycles. The van der Waals surface area contributed by atoms with Crippen LogP contribution in [0, 0.1) is 6.92 Å². The van der Waals surface area contributed by atoms with Crippen LogP contribution in [0.25, 0.3) is 0 Å². The minimum Gasteiger partial charge on any atom is -0.351 e. The summed E-state index contributed by atoms with van der Waals surface area (Å²) in [5, 5.41) is 5.13. The molecule has 4 heteroatoms. The maximum Gasteiger partial charge on any atom is 0.251 e. The van der Waals surface area contributed by atoms with Crippen LogP contribution in [0.15, 0.2) is 36.9 Å². The number of hydrogen-bond donors (Lipinski definition) is 2. The van der Waals surface area contributed by atoms with Crippen molar-refractivity contribution in [3.63, 3.8) is 0 Å². The van der Waals surface area contributed by atoms with Gasteiger partial charge in [0, 0.05) is 12.1 Å². The number of amides is 2. The molecule has 2 N–H and O–H groups in total. The first-order valence-electron chi connectivity index (χ1n) is 5.36. The number of benzene rings is 1. The van der Waals surface area contributed by atoms with E-state index in [0.717, 1.165) is 5.56 Å². The van der Waals surface area contributed by atoms with Crippen molar-refractivity contribution in [1.82, 2.24) is 10.6 Å². The van der Waals surface area contributed by atoms with Gasteiger partial charge in [0.25, 0.3) is 5.91 Å². The molecule has 0 saturated carbocycles. The van der Waals surface area contributed by atoms with Crippen molar-refractivity contribution in [1.29, 1.82) is 0 Å². The van der Waals surface area contributed by atoms with Crippen LogP contribution in [0.2, 0.25) is 0 Å². The molecule has 1 aromatic rings. The fourth-order valence-electron chi connectivity index (χ4n) is 1.30. The Bertz CT molecular complexity index is 427. The Morgan fingerprint density at radius 1 is 1.35 bits per heavy atom. The maximum absolute atomic E-state index is 11.7. The van der Waals surface area contributed by atoms with Crippen molar-refractivity contribution in [3.8, 4) is 0 Å². The van der Waals surface area contributed by atoms with Crippen molar-refractivity contribution >= 4 is 11.8 Å². The molecule has 0 aliphatic rings. The van der Waals surface area contributed by atoms with E-state index in [9.17, 15) is 9.59 Å². The average molecular weight is 232 g/mol. The van der Waals surface area contributed by atoms with Gasteiger partial charge in [0.15, 0.2) is 0 Å². The Labute approximate surface area is 101 Å². The second-order valence-corrected chi connectivity index (χ2v) is 3.64. The highest BCUT2D eigenvalue weighted by molar-refractivity contribution is 5.96. The lowest BCUT2D eigenvalue weighted by Crippen LogP contribution is -2.36. The van der Waals surface area contributed by atoms with E-state index in [1.165, 1.54) is 0 Å². The Hall–Kier alpha value is -2.10. The van der Waals surface area contributed by atoms with Crippen LogP contribution in [-0.4, -0.2) is 24.9 Å². The second kappa shape index (κ2) is 6.48. The fourth-order valence-corrected chi connectivity index (χ4v) is 1.30. The molecule has 4 nitrogen and oxygen atoms in total. The van der Waals surface area contributed by atoms with Gasteiger partial charge in [-0.1, -0.05) is 23.8 Å². The van der Waals surface area contributed by atoms with E-state index in [4.69, 9.17) is 0 Å². The zero-order valence-electron chi connectivity index (χ0n) is 9.82. The Morgan fingerprint density at radius 2 is 2.12 bits per heavy atom. The van der Waals surface area contributed by atoms with Crippen LogP contribution >= 0.6 is 0 Å². The first-order chi connectivity index (χ1) is 8.13. The van der Waals surface area contributed by atoms with Gasteiger partial charge in [-0.3, -0.25) is 9.59 Å². The highest BCUT2D eigenvalue weighted by atomic mass is 16.2. The van der Waals surface area contributed by atoms with Gasteiger partial charge in [-0.25, -0.2) is 0 Å². The van der Waals surface area contributed by atoms with Crippen molar-refractivity contribution in [3.05, 3.63) is 48.0 Å². The van der Waals surface area contributed by atoms with Crippen LogP contribution < -0.4 is 10.6 Å². The molecule has 0 aliphatic heterocycles. The van der Waals surface area contributed by atoms with Gasteiger partial charge in [0.2, 0.25) is 5.91 Å².